The zero-order valence-corrected chi connectivity index (χ0v) is 26.4. The normalized spacial score (nSPS) is 11.5. The van der Waals surface area contributed by atoms with E-state index in [1.165, 1.54) is 12.1 Å². The van der Waals surface area contributed by atoms with Crippen molar-refractivity contribution in [1.29, 1.82) is 0 Å². The molecular formula is C39H38N2O5. The number of ether oxygens (including phenoxy) is 3. The van der Waals surface area contributed by atoms with Crippen LogP contribution in [0, 0.1) is 10.1 Å². The minimum absolute atomic E-state index is 0.0494. The number of non-ortho nitro benzene ring substituents is 1. The van der Waals surface area contributed by atoms with E-state index in [0.717, 1.165) is 38.9 Å². The van der Waals surface area contributed by atoms with Gasteiger partial charge in [-0.15, -0.1) is 0 Å². The predicted molar refractivity (Wildman–Crippen MR) is 183 cm³/mol. The maximum absolute atomic E-state index is 11.2. The lowest BCUT2D eigenvalue weighted by molar-refractivity contribution is -0.384. The van der Waals surface area contributed by atoms with Gasteiger partial charge in [-0.25, -0.2) is 4.98 Å². The van der Waals surface area contributed by atoms with Crippen LogP contribution in [0.25, 0.3) is 23.3 Å². The van der Waals surface area contributed by atoms with E-state index in [2.05, 4.69) is 37.9 Å². The minimum Gasteiger partial charge on any atom is -0.490 e. The highest BCUT2D eigenvalue weighted by molar-refractivity contribution is 5.83. The third kappa shape index (κ3) is 8.67. The van der Waals surface area contributed by atoms with Gasteiger partial charge in [0, 0.05) is 35.0 Å². The Labute approximate surface area is 270 Å². The van der Waals surface area contributed by atoms with Gasteiger partial charge >= 0.3 is 0 Å². The molecule has 0 radical (unpaired) electrons. The lowest BCUT2D eigenvalue weighted by Crippen LogP contribution is -2.13. The van der Waals surface area contributed by atoms with Crippen LogP contribution >= 0.6 is 0 Å². The molecular weight excluding hydrogens is 576 g/mol. The van der Waals surface area contributed by atoms with Gasteiger partial charge in [0.1, 0.15) is 19.0 Å². The fraction of sp³-hybridized carbons (Fsp3) is 0.205. The second-order valence-corrected chi connectivity index (χ2v) is 11.9. The van der Waals surface area contributed by atoms with Crippen molar-refractivity contribution in [2.45, 2.75) is 39.4 Å². The summed E-state index contributed by atoms with van der Waals surface area (Å²) in [5.41, 5.74) is 6.49. The molecule has 0 bridgehead atoms. The van der Waals surface area contributed by atoms with E-state index in [1.807, 2.05) is 84.9 Å². The van der Waals surface area contributed by atoms with Crippen molar-refractivity contribution in [2.24, 2.45) is 0 Å². The quantitative estimate of drug-likeness (QED) is 0.0569. The second-order valence-electron chi connectivity index (χ2n) is 11.9. The SMILES string of the molecule is CC(C)(C)c1cc(/C=C/c2ccc([N+](=O)[O-])cc2)c(OCCOCc2ccccc2)c(-c2cccnc2OCc2ccccc2)c1. The summed E-state index contributed by atoms with van der Waals surface area (Å²) in [5, 5.41) is 11.2. The first-order chi connectivity index (χ1) is 22.3. The molecule has 0 unspecified atom stereocenters. The Kier molecular flexibility index (Phi) is 10.6. The number of nitro groups is 1. The van der Waals surface area contributed by atoms with E-state index in [4.69, 9.17) is 14.2 Å². The van der Waals surface area contributed by atoms with Crippen molar-refractivity contribution in [3.05, 3.63) is 153 Å². The number of hydrogen-bond acceptors (Lipinski definition) is 6. The number of rotatable bonds is 13. The first-order valence-electron chi connectivity index (χ1n) is 15.3. The lowest BCUT2D eigenvalue weighted by Gasteiger charge is -2.24. The monoisotopic (exact) mass is 614 g/mol. The zero-order chi connectivity index (χ0) is 32.4. The van der Waals surface area contributed by atoms with Gasteiger partial charge in [-0.3, -0.25) is 10.1 Å². The number of nitrogens with zero attached hydrogens (tertiary/aromatic N) is 2. The Balaban J connectivity index is 1.52. The molecule has 7 nitrogen and oxygen atoms in total. The summed E-state index contributed by atoms with van der Waals surface area (Å²) in [4.78, 5) is 15.4. The molecule has 1 heterocycles. The van der Waals surface area contributed by atoms with Crippen LogP contribution in [-0.2, 0) is 23.4 Å². The van der Waals surface area contributed by atoms with Gasteiger partial charge in [0.05, 0.1) is 18.1 Å². The van der Waals surface area contributed by atoms with Crippen molar-refractivity contribution in [2.75, 3.05) is 13.2 Å². The van der Waals surface area contributed by atoms with Crippen LogP contribution in [0.3, 0.4) is 0 Å². The van der Waals surface area contributed by atoms with Gasteiger partial charge in [-0.05, 0) is 64.1 Å². The molecule has 0 N–H and O–H groups in total. The van der Waals surface area contributed by atoms with Gasteiger partial charge in [-0.1, -0.05) is 93.6 Å². The van der Waals surface area contributed by atoms with E-state index < -0.39 is 4.92 Å². The minimum atomic E-state index is -0.399. The molecule has 46 heavy (non-hydrogen) atoms. The van der Waals surface area contributed by atoms with E-state index in [9.17, 15) is 10.1 Å². The van der Waals surface area contributed by atoms with Crippen molar-refractivity contribution >= 4 is 17.8 Å². The van der Waals surface area contributed by atoms with E-state index in [0.29, 0.717) is 38.1 Å². The average Bonchev–Trinajstić information content (AvgIpc) is 3.07. The predicted octanol–water partition coefficient (Wildman–Crippen LogP) is 9.30. The molecule has 5 aromatic rings. The van der Waals surface area contributed by atoms with Crippen LogP contribution in [0.2, 0.25) is 0 Å². The standard InChI is InChI=1S/C39H38N2O5/c1-39(2,3)33-25-32(19-16-29-17-20-34(21-18-29)41(42)43)37(45-24-23-44-27-30-11-6-4-7-12-30)36(26-33)35-15-10-22-40-38(35)46-28-31-13-8-5-9-14-31/h4-22,25-26H,23-24,27-28H2,1-3H3/b19-16+. The maximum atomic E-state index is 11.2. The summed E-state index contributed by atoms with van der Waals surface area (Å²) in [6.07, 6.45) is 5.65. The molecule has 0 aliphatic carbocycles. The molecule has 1 aromatic heterocycles. The summed E-state index contributed by atoms with van der Waals surface area (Å²) < 4.78 is 18.8. The van der Waals surface area contributed by atoms with Crippen LogP contribution in [-0.4, -0.2) is 23.1 Å². The molecule has 0 atom stereocenters. The fourth-order valence-electron chi connectivity index (χ4n) is 4.87. The zero-order valence-electron chi connectivity index (χ0n) is 26.4. The summed E-state index contributed by atoms with van der Waals surface area (Å²) >= 11 is 0. The van der Waals surface area contributed by atoms with Crippen LogP contribution in [0.4, 0.5) is 5.69 Å². The van der Waals surface area contributed by atoms with E-state index in [-0.39, 0.29) is 11.1 Å². The molecule has 0 amide bonds. The molecule has 4 aromatic carbocycles. The third-order valence-electron chi connectivity index (χ3n) is 7.41. The Bertz CT molecular complexity index is 1760. The van der Waals surface area contributed by atoms with Crippen molar-refractivity contribution in [3.63, 3.8) is 0 Å². The number of aromatic nitrogens is 1. The fourth-order valence-corrected chi connectivity index (χ4v) is 4.87. The van der Waals surface area contributed by atoms with Gasteiger partial charge in [0.2, 0.25) is 5.88 Å². The molecule has 0 aliphatic heterocycles. The smallest absolute Gasteiger partial charge is 0.269 e. The van der Waals surface area contributed by atoms with Crippen molar-refractivity contribution < 1.29 is 19.1 Å². The number of pyridine rings is 1. The molecule has 0 spiro atoms. The Morgan fingerprint density at radius 3 is 2.07 bits per heavy atom. The van der Waals surface area contributed by atoms with Gasteiger partial charge < -0.3 is 14.2 Å². The van der Waals surface area contributed by atoms with E-state index in [1.54, 1.807) is 18.3 Å². The van der Waals surface area contributed by atoms with E-state index >= 15 is 0 Å². The second kappa shape index (κ2) is 15.1. The number of nitro benzene ring substituents is 1. The average molecular weight is 615 g/mol. The molecule has 7 heteroatoms. The number of hydrogen-bond donors (Lipinski definition) is 0. The highest BCUT2D eigenvalue weighted by Gasteiger charge is 2.22. The van der Waals surface area contributed by atoms with Crippen LogP contribution < -0.4 is 9.47 Å². The molecule has 234 valence electrons. The van der Waals surface area contributed by atoms with Crippen molar-refractivity contribution in [3.8, 4) is 22.8 Å². The Morgan fingerprint density at radius 1 is 0.739 bits per heavy atom. The first kappa shape index (κ1) is 32.1. The molecule has 0 saturated carbocycles. The van der Waals surface area contributed by atoms with Crippen LogP contribution in [0.1, 0.15) is 48.6 Å². The van der Waals surface area contributed by atoms with Crippen LogP contribution in [0.15, 0.2) is 115 Å². The highest BCUT2D eigenvalue weighted by atomic mass is 16.6. The topological polar surface area (TPSA) is 83.7 Å². The van der Waals surface area contributed by atoms with Crippen molar-refractivity contribution in [1.82, 2.24) is 4.98 Å². The lowest BCUT2D eigenvalue weighted by atomic mass is 9.83. The molecule has 0 saturated heterocycles. The summed E-state index contributed by atoms with van der Waals surface area (Å²) in [7, 11) is 0. The largest absolute Gasteiger partial charge is 0.490 e. The summed E-state index contributed by atoms with van der Waals surface area (Å²) in [6.45, 7) is 8.10. The third-order valence-corrected chi connectivity index (χ3v) is 7.41. The van der Waals surface area contributed by atoms with Gasteiger partial charge in [-0.2, -0.15) is 0 Å². The Hall–Kier alpha value is -5.27. The van der Waals surface area contributed by atoms with Gasteiger partial charge in [0.15, 0.2) is 0 Å². The molecule has 5 rings (SSSR count). The number of benzene rings is 4. The summed E-state index contributed by atoms with van der Waals surface area (Å²) in [6, 6.07) is 34.7. The van der Waals surface area contributed by atoms with Crippen LogP contribution in [0.5, 0.6) is 11.6 Å². The molecule has 0 fully saturated rings. The van der Waals surface area contributed by atoms with Gasteiger partial charge in [0.25, 0.3) is 5.69 Å². The molecule has 0 aliphatic rings. The first-order valence-corrected chi connectivity index (χ1v) is 15.3. The summed E-state index contributed by atoms with van der Waals surface area (Å²) in [5.74, 6) is 1.18. The maximum Gasteiger partial charge on any atom is 0.269 e. The Morgan fingerprint density at radius 2 is 1.41 bits per heavy atom. The highest BCUT2D eigenvalue weighted by Crippen LogP contribution is 2.42.